The Hall–Kier alpha value is -2.95. The quantitative estimate of drug-likeness (QED) is 0.596. The zero-order chi connectivity index (χ0) is 18.2. The SMILES string of the molecule is CCCCOc1ccccc1NC(=O)/C=C/c1ccc2c(c1)OCCO2. The van der Waals surface area contributed by atoms with Crippen molar-refractivity contribution >= 4 is 17.7 Å². The Balaban J connectivity index is 1.63. The number of hydrogen-bond acceptors (Lipinski definition) is 4. The maximum absolute atomic E-state index is 12.2. The Morgan fingerprint density at radius 3 is 2.81 bits per heavy atom. The first-order chi connectivity index (χ1) is 12.8. The van der Waals surface area contributed by atoms with Gasteiger partial charge in [-0.3, -0.25) is 4.79 Å². The summed E-state index contributed by atoms with van der Waals surface area (Å²) in [6.45, 7) is 3.84. The summed E-state index contributed by atoms with van der Waals surface area (Å²) < 4.78 is 16.8. The molecule has 0 fully saturated rings. The van der Waals surface area contributed by atoms with E-state index in [1.807, 2.05) is 42.5 Å². The first kappa shape index (κ1) is 17.9. The Morgan fingerprint density at radius 1 is 1.15 bits per heavy atom. The largest absolute Gasteiger partial charge is 0.491 e. The van der Waals surface area contributed by atoms with Crippen LogP contribution < -0.4 is 19.5 Å². The summed E-state index contributed by atoms with van der Waals surface area (Å²) in [5, 5.41) is 2.86. The molecule has 0 aromatic heterocycles. The van der Waals surface area contributed by atoms with Gasteiger partial charge in [0.1, 0.15) is 19.0 Å². The minimum atomic E-state index is -0.216. The maximum atomic E-state index is 12.2. The van der Waals surface area contributed by atoms with Gasteiger partial charge in [-0.25, -0.2) is 0 Å². The highest BCUT2D eigenvalue weighted by molar-refractivity contribution is 6.02. The van der Waals surface area contributed by atoms with Crippen molar-refractivity contribution in [1.29, 1.82) is 0 Å². The van der Waals surface area contributed by atoms with E-state index >= 15 is 0 Å². The molecule has 2 aromatic carbocycles. The first-order valence-electron chi connectivity index (χ1n) is 8.87. The van der Waals surface area contributed by atoms with Crippen LogP contribution in [0.4, 0.5) is 5.69 Å². The van der Waals surface area contributed by atoms with E-state index in [9.17, 15) is 4.79 Å². The van der Waals surface area contributed by atoms with Gasteiger partial charge in [-0.1, -0.05) is 31.5 Å². The highest BCUT2D eigenvalue weighted by atomic mass is 16.6. The fourth-order valence-electron chi connectivity index (χ4n) is 2.53. The first-order valence-corrected chi connectivity index (χ1v) is 8.87. The number of carbonyl (C=O) groups excluding carboxylic acids is 1. The molecule has 2 aromatic rings. The highest BCUT2D eigenvalue weighted by Gasteiger charge is 2.11. The molecule has 0 saturated heterocycles. The number of amides is 1. The van der Waals surface area contributed by atoms with Crippen LogP contribution >= 0.6 is 0 Å². The molecule has 0 atom stereocenters. The van der Waals surface area contributed by atoms with Crippen LogP contribution in [0.5, 0.6) is 17.2 Å². The van der Waals surface area contributed by atoms with Gasteiger partial charge < -0.3 is 19.5 Å². The molecule has 1 heterocycles. The van der Waals surface area contributed by atoms with Crippen LogP contribution in [0.1, 0.15) is 25.3 Å². The molecule has 3 rings (SSSR count). The summed E-state index contributed by atoms with van der Waals surface area (Å²) in [7, 11) is 0. The second-order valence-corrected chi connectivity index (χ2v) is 5.92. The maximum Gasteiger partial charge on any atom is 0.248 e. The van der Waals surface area contributed by atoms with Gasteiger partial charge in [0.05, 0.1) is 12.3 Å². The summed E-state index contributed by atoms with van der Waals surface area (Å²) in [6, 6.07) is 13.0. The molecule has 0 saturated carbocycles. The number of fused-ring (bicyclic) bond motifs is 1. The normalized spacial score (nSPS) is 12.8. The fourth-order valence-corrected chi connectivity index (χ4v) is 2.53. The standard InChI is InChI=1S/C21H23NO4/c1-2-3-12-24-18-7-5-4-6-17(18)22-21(23)11-9-16-8-10-19-20(15-16)26-14-13-25-19/h4-11,15H,2-3,12-14H2,1H3,(H,22,23)/b11-9+. The molecule has 5 heteroatoms. The van der Waals surface area contributed by atoms with Crippen molar-refractivity contribution in [3.63, 3.8) is 0 Å². The van der Waals surface area contributed by atoms with E-state index in [0.29, 0.717) is 37.0 Å². The third-order valence-electron chi connectivity index (χ3n) is 3.89. The van der Waals surface area contributed by atoms with Crippen LogP contribution in [0.2, 0.25) is 0 Å². The van der Waals surface area contributed by atoms with Gasteiger partial charge in [-0.2, -0.15) is 0 Å². The second kappa shape index (κ2) is 8.94. The van der Waals surface area contributed by atoms with Gasteiger partial charge in [0.2, 0.25) is 5.91 Å². The Labute approximate surface area is 153 Å². The number of hydrogen-bond donors (Lipinski definition) is 1. The smallest absolute Gasteiger partial charge is 0.248 e. The summed E-state index contributed by atoms with van der Waals surface area (Å²) >= 11 is 0. The van der Waals surface area contributed by atoms with Gasteiger partial charge in [-0.15, -0.1) is 0 Å². The zero-order valence-corrected chi connectivity index (χ0v) is 14.9. The third kappa shape index (κ3) is 4.79. The van der Waals surface area contributed by atoms with Gasteiger partial charge in [0, 0.05) is 6.08 Å². The van der Waals surface area contributed by atoms with E-state index in [1.165, 1.54) is 6.08 Å². The number of carbonyl (C=O) groups is 1. The van der Waals surface area contributed by atoms with Gasteiger partial charge in [-0.05, 0) is 42.3 Å². The third-order valence-corrected chi connectivity index (χ3v) is 3.89. The molecule has 0 bridgehead atoms. The van der Waals surface area contributed by atoms with Crippen LogP contribution in [0.25, 0.3) is 6.08 Å². The van der Waals surface area contributed by atoms with E-state index in [0.717, 1.165) is 24.2 Å². The van der Waals surface area contributed by atoms with Gasteiger partial charge in [0.15, 0.2) is 11.5 Å². The number of rotatable bonds is 7. The number of benzene rings is 2. The van der Waals surface area contributed by atoms with Crippen molar-refractivity contribution in [2.75, 3.05) is 25.1 Å². The molecule has 26 heavy (non-hydrogen) atoms. The minimum Gasteiger partial charge on any atom is -0.491 e. The van der Waals surface area contributed by atoms with E-state index in [1.54, 1.807) is 6.08 Å². The van der Waals surface area contributed by atoms with Crippen molar-refractivity contribution < 1.29 is 19.0 Å². The van der Waals surface area contributed by atoms with Crippen molar-refractivity contribution in [2.24, 2.45) is 0 Å². The number of anilines is 1. The molecule has 1 aliphatic rings. The molecular formula is C21H23NO4. The summed E-state index contributed by atoms with van der Waals surface area (Å²) in [6.07, 6.45) is 5.28. The van der Waals surface area contributed by atoms with Crippen LogP contribution in [0.15, 0.2) is 48.5 Å². The van der Waals surface area contributed by atoms with E-state index in [2.05, 4.69) is 12.2 Å². The summed E-state index contributed by atoms with van der Waals surface area (Å²) in [5.41, 5.74) is 1.54. The lowest BCUT2D eigenvalue weighted by atomic mass is 10.2. The molecule has 1 amide bonds. The zero-order valence-electron chi connectivity index (χ0n) is 14.9. The molecule has 1 N–H and O–H groups in total. The van der Waals surface area contributed by atoms with Crippen molar-refractivity contribution in [2.45, 2.75) is 19.8 Å². The van der Waals surface area contributed by atoms with Crippen LogP contribution in [-0.2, 0) is 4.79 Å². The Kier molecular flexibility index (Phi) is 6.14. The van der Waals surface area contributed by atoms with E-state index in [4.69, 9.17) is 14.2 Å². The lowest BCUT2D eigenvalue weighted by Crippen LogP contribution is -2.15. The van der Waals surface area contributed by atoms with Gasteiger partial charge in [0.25, 0.3) is 0 Å². The monoisotopic (exact) mass is 353 g/mol. The lowest BCUT2D eigenvalue weighted by Gasteiger charge is -2.18. The molecule has 0 unspecified atom stereocenters. The highest BCUT2D eigenvalue weighted by Crippen LogP contribution is 2.31. The van der Waals surface area contributed by atoms with Crippen molar-refractivity contribution in [3.8, 4) is 17.2 Å². The molecule has 1 aliphatic heterocycles. The molecule has 0 aliphatic carbocycles. The molecule has 136 valence electrons. The number of para-hydroxylation sites is 2. The van der Waals surface area contributed by atoms with E-state index < -0.39 is 0 Å². The lowest BCUT2D eigenvalue weighted by molar-refractivity contribution is -0.111. The average Bonchev–Trinajstić information content (AvgIpc) is 2.68. The minimum absolute atomic E-state index is 0.216. The predicted octanol–water partition coefficient (Wildman–Crippen LogP) is 4.29. The molecule has 5 nitrogen and oxygen atoms in total. The Bertz CT molecular complexity index is 785. The number of ether oxygens (including phenoxy) is 3. The van der Waals surface area contributed by atoms with Crippen LogP contribution in [0, 0.1) is 0 Å². The van der Waals surface area contributed by atoms with Crippen molar-refractivity contribution in [3.05, 3.63) is 54.1 Å². The molecule has 0 radical (unpaired) electrons. The van der Waals surface area contributed by atoms with Crippen LogP contribution in [0.3, 0.4) is 0 Å². The van der Waals surface area contributed by atoms with Crippen LogP contribution in [-0.4, -0.2) is 25.7 Å². The number of nitrogens with one attached hydrogen (secondary N) is 1. The number of unbranched alkanes of at least 4 members (excludes halogenated alkanes) is 1. The topological polar surface area (TPSA) is 56.8 Å². The average molecular weight is 353 g/mol. The molecule has 0 spiro atoms. The van der Waals surface area contributed by atoms with E-state index in [-0.39, 0.29) is 5.91 Å². The second-order valence-electron chi connectivity index (χ2n) is 5.92. The van der Waals surface area contributed by atoms with Crippen molar-refractivity contribution in [1.82, 2.24) is 0 Å². The Morgan fingerprint density at radius 2 is 1.96 bits per heavy atom. The predicted molar refractivity (Wildman–Crippen MR) is 102 cm³/mol. The summed E-state index contributed by atoms with van der Waals surface area (Å²) in [5.74, 6) is 1.90. The fraction of sp³-hybridized carbons (Fsp3) is 0.286. The summed E-state index contributed by atoms with van der Waals surface area (Å²) in [4.78, 5) is 12.2. The van der Waals surface area contributed by atoms with Gasteiger partial charge >= 0.3 is 0 Å². The molecular weight excluding hydrogens is 330 g/mol.